The Labute approximate surface area is 348 Å². The molecule has 4 fully saturated rings. The molecule has 0 radical (unpaired) electrons. The molecule has 4 aliphatic heterocycles. The van der Waals surface area contributed by atoms with Crippen molar-refractivity contribution in [3.05, 3.63) is 138 Å². The van der Waals surface area contributed by atoms with Crippen LogP contribution in [0.25, 0.3) is 5.57 Å². The number of ether oxygens (including phenoxy) is 4. The Hall–Kier alpha value is -1.77. The summed E-state index contributed by atoms with van der Waals surface area (Å²) in [5, 5.41) is 2.97. The van der Waals surface area contributed by atoms with Gasteiger partial charge in [0.1, 0.15) is 10.6 Å². The molecule has 300 valence electrons. The van der Waals surface area contributed by atoms with E-state index in [1.165, 1.54) is 32.9 Å². The van der Waals surface area contributed by atoms with Gasteiger partial charge in [0.2, 0.25) is 0 Å². The van der Waals surface area contributed by atoms with E-state index in [1.807, 2.05) is 24.3 Å². The maximum Gasteiger partial charge on any atom is 0.173 e. The summed E-state index contributed by atoms with van der Waals surface area (Å²) in [6.07, 6.45) is 2.15. The molecular formula is C43H54Cl2N4O4P2Ru+2. The van der Waals surface area contributed by atoms with Gasteiger partial charge in [-0.3, -0.25) is 0 Å². The van der Waals surface area contributed by atoms with Crippen LogP contribution in [-0.4, -0.2) is 128 Å². The van der Waals surface area contributed by atoms with Crippen LogP contribution < -0.4 is 10.6 Å². The maximum atomic E-state index is 6.19. The van der Waals surface area contributed by atoms with Crippen molar-refractivity contribution < 1.29 is 32.5 Å². The number of fused-ring (bicyclic) bond motifs is 1. The summed E-state index contributed by atoms with van der Waals surface area (Å²) in [6, 6.07) is 40.6. The second kappa shape index (κ2) is 22.6. The molecule has 8 nitrogen and oxygen atoms in total. The van der Waals surface area contributed by atoms with Crippen LogP contribution in [0.3, 0.4) is 0 Å². The molecule has 13 heteroatoms. The van der Waals surface area contributed by atoms with Crippen molar-refractivity contribution >= 4 is 56.1 Å². The third kappa shape index (κ3) is 11.5. The van der Waals surface area contributed by atoms with Crippen molar-refractivity contribution in [2.75, 3.05) is 105 Å². The van der Waals surface area contributed by atoms with E-state index >= 15 is 0 Å². The zero-order chi connectivity index (χ0) is 38.4. The number of hydrogen-bond donors (Lipinski definition) is 0. The Morgan fingerprint density at radius 3 is 1.09 bits per heavy atom. The zero-order valence-corrected chi connectivity index (χ0v) is 37.1. The van der Waals surface area contributed by atoms with Gasteiger partial charge in [0, 0.05) is 0 Å². The van der Waals surface area contributed by atoms with Gasteiger partial charge in [0.15, 0.2) is 16.4 Å². The molecule has 0 spiro atoms. The van der Waals surface area contributed by atoms with E-state index in [-0.39, 0.29) is 0 Å². The third-order valence-corrected chi connectivity index (χ3v) is 19.3. The molecule has 0 N–H and O–H groups in total. The molecule has 4 heterocycles. The van der Waals surface area contributed by atoms with Gasteiger partial charge in [-0.1, -0.05) is 36.4 Å². The largest absolute Gasteiger partial charge is 0.378 e. The average Bonchev–Trinajstić information content (AvgIpc) is 3.67. The van der Waals surface area contributed by atoms with E-state index in [4.69, 9.17) is 38.3 Å². The molecule has 4 aromatic rings. The van der Waals surface area contributed by atoms with Gasteiger partial charge in [-0.2, -0.15) is 18.7 Å². The predicted molar refractivity (Wildman–Crippen MR) is 234 cm³/mol. The second-order valence-corrected chi connectivity index (χ2v) is 24.6. The van der Waals surface area contributed by atoms with E-state index in [0.717, 1.165) is 109 Å². The predicted octanol–water partition coefficient (Wildman–Crippen LogP) is 6.62. The summed E-state index contributed by atoms with van der Waals surface area (Å²) < 4.78 is 33.7. The number of benzene rings is 4. The van der Waals surface area contributed by atoms with Crippen molar-refractivity contribution in [2.45, 2.75) is 0 Å². The number of hydrogen-bond acceptors (Lipinski definition) is 8. The standard InChI is InChI=1S/C15H10.2C14H21N2O2P.2ClH.Ru/c1-2-6-12(7-3-1)15-11-10-13-8-4-5-9-14(13)15;2*1-2-4-14(5-3-1)19(15-6-10-17-11-7-15)16-8-12-18-13-9-16;;;/h1-9,11H;2*1-5H,6-13H2;2*1H;/q;;;;;+2. The van der Waals surface area contributed by atoms with Gasteiger partial charge in [0.05, 0.1) is 105 Å². The summed E-state index contributed by atoms with van der Waals surface area (Å²) in [4.78, 5) is 0. The van der Waals surface area contributed by atoms with Crippen LogP contribution in [0.15, 0.2) is 121 Å². The van der Waals surface area contributed by atoms with Crippen LogP contribution in [0.4, 0.5) is 0 Å². The van der Waals surface area contributed by atoms with E-state index in [1.54, 1.807) is 0 Å². The van der Waals surface area contributed by atoms with Crippen molar-refractivity contribution in [3.8, 4) is 0 Å². The topological polar surface area (TPSA) is 49.9 Å². The molecule has 9 rings (SSSR count). The third-order valence-electron chi connectivity index (χ3n) is 10.3. The SMILES string of the molecule is [Cl][Ru]([Cl])=[C]1C=C(c2ccccc2)c2ccccc21.c1ccc([PH+](N2CCOCC2)N2CCOCC2)cc1.c1ccc([PH+](N2CCOCC2)N2CCOCC2)cc1. The molecule has 0 atom stereocenters. The van der Waals surface area contributed by atoms with Crippen molar-refractivity contribution in [1.82, 2.24) is 18.7 Å². The summed E-state index contributed by atoms with van der Waals surface area (Å²) >= 11 is -1.88. The first-order chi connectivity index (χ1) is 27.7. The number of morpholine rings is 4. The van der Waals surface area contributed by atoms with Gasteiger partial charge >= 0.3 is 120 Å². The Bertz CT molecular complexity index is 1730. The second-order valence-electron chi connectivity index (χ2n) is 13.8. The summed E-state index contributed by atoms with van der Waals surface area (Å²) in [7, 11) is 10.7. The quantitative estimate of drug-likeness (QED) is 0.152. The minimum absolute atomic E-state index is 0.817. The fraction of sp³-hybridized carbons (Fsp3) is 0.372. The molecule has 0 amide bonds. The number of halogens is 2. The normalized spacial score (nSPS) is 20.0. The number of rotatable bonds is 7. The Balaban J connectivity index is 0.000000129. The van der Waals surface area contributed by atoms with Crippen LogP contribution >= 0.6 is 35.8 Å². The fourth-order valence-electron chi connectivity index (χ4n) is 7.57. The molecule has 4 aromatic carbocycles. The fourth-order valence-corrected chi connectivity index (χ4v) is 15.7. The Morgan fingerprint density at radius 1 is 0.411 bits per heavy atom. The van der Waals surface area contributed by atoms with Crippen LogP contribution in [0, 0.1) is 0 Å². The summed E-state index contributed by atoms with van der Waals surface area (Å²) in [5.41, 5.74) is 4.86. The monoisotopic (exact) mass is 924 g/mol. The molecule has 1 aliphatic carbocycles. The Kier molecular flexibility index (Phi) is 17.1. The van der Waals surface area contributed by atoms with Crippen LogP contribution in [0.5, 0.6) is 0 Å². The molecule has 0 bridgehead atoms. The van der Waals surface area contributed by atoms with Gasteiger partial charge in [-0.25, -0.2) is 0 Å². The van der Waals surface area contributed by atoms with Crippen LogP contribution in [-0.2, 0) is 32.5 Å². The van der Waals surface area contributed by atoms with Gasteiger partial charge < -0.3 is 18.9 Å². The molecule has 0 unspecified atom stereocenters. The molecular weight excluding hydrogens is 870 g/mol. The van der Waals surface area contributed by atoms with Gasteiger partial charge in [-0.15, -0.1) is 0 Å². The van der Waals surface area contributed by atoms with Crippen molar-refractivity contribution in [2.24, 2.45) is 0 Å². The summed E-state index contributed by atoms with van der Waals surface area (Å²) in [6.45, 7) is 15.4. The zero-order valence-electron chi connectivity index (χ0n) is 31.9. The van der Waals surface area contributed by atoms with E-state index in [9.17, 15) is 0 Å². The van der Waals surface area contributed by atoms with E-state index in [0.29, 0.717) is 0 Å². The number of allylic oxidation sites excluding steroid dienone is 1. The Morgan fingerprint density at radius 2 is 0.732 bits per heavy atom. The minimum Gasteiger partial charge on any atom is -0.378 e. The average molecular weight is 925 g/mol. The maximum absolute atomic E-state index is 6.19. The first kappa shape index (κ1) is 42.4. The molecule has 0 saturated carbocycles. The molecule has 5 aliphatic rings. The summed E-state index contributed by atoms with van der Waals surface area (Å²) in [5.74, 6) is 0. The van der Waals surface area contributed by atoms with Crippen molar-refractivity contribution in [1.29, 1.82) is 0 Å². The van der Waals surface area contributed by atoms with Crippen LogP contribution in [0.1, 0.15) is 16.7 Å². The van der Waals surface area contributed by atoms with E-state index in [2.05, 4.69) is 116 Å². The van der Waals surface area contributed by atoms with Crippen molar-refractivity contribution in [3.63, 3.8) is 0 Å². The molecule has 56 heavy (non-hydrogen) atoms. The first-order valence-electron chi connectivity index (χ1n) is 19.6. The number of nitrogens with zero attached hydrogens (tertiary/aromatic N) is 4. The molecule has 0 aromatic heterocycles. The van der Waals surface area contributed by atoms with Gasteiger partial charge in [-0.05, 0) is 24.3 Å². The van der Waals surface area contributed by atoms with E-state index < -0.39 is 30.0 Å². The minimum atomic E-state index is -1.88. The smallest absolute Gasteiger partial charge is 0.173 e. The van der Waals surface area contributed by atoms with Crippen LogP contribution in [0.2, 0.25) is 0 Å². The first-order valence-corrected chi connectivity index (χ1v) is 27.7. The molecule has 4 saturated heterocycles. The van der Waals surface area contributed by atoms with Gasteiger partial charge in [0.25, 0.3) is 0 Å².